The molecule has 172 valence electrons. The molecule has 0 saturated heterocycles. The number of anilines is 1. The zero-order valence-corrected chi connectivity index (χ0v) is 20.4. The predicted octanol–water partition coefficient (Wildman–Crippen LogP) is 6.06. The Balaban J connectivity index is 1.67. The van der Waals surface area contributed by atoms with Crippen LogP contribution in [-0.4, -0.2) is 18.5 Å². The fraction of sp³-hybridized carbons (Fsp3) is 0.148. The largest absolute Gasteiger partial charge is 0.488 e. The summed E-state index contributed by atoms with van der Waals surface area (Å²) < 4.78 is 11.5. The quantitative estimate of drug-likeness (QED) is 0.222. The van der Waals surface area contributed by atoms with Crippen molar-refractivity contribution in [2.45, 2.75) is 20.5 Å². The van der Waals surface area contributed by atoms with E-state index in [0.29, 0.717) is 33.6 Å². The summed E-state index contributed by atoms with van der Waals surface area (Å²) in [5.74, 6) is -0.333. The first-order valence-electron chi connectivity index (χ1n) is 10.6. The third-order valence-electron chi connectivity index (χ3n) is 4.76. The van der Waals surface area contributed by atoms with Gasteiger partial charge in [0.25, 0.3) is 5.91 Å². The number of nitrogens with zero attached hydrogens (tertiary/aromatic N) is 1. The van der Waals surface area contributed by atoms with E-state index >= 15 is 0 Å². The first-order valence-corrected chi connectivity index (χ1v) is 11.4. The van der Waals surface area contributed by atoms with E-state index in [1.807, 2.05) is 31.2 Å². The summed E-state index contributed by atoms with van der Waals surface area (Å²) in [5.41, 5.74) is 3.67. The Labute approximate surface area is 207 Å². The number of benzene rings is 3. The van der Waals surface area contributed by atoms with E-state index in [0.717, 1.165) is 11.1 Å². The van der Waals surface area contributed by atoms with E-state index in [4.69, 9.17) is 9.47 Å². The topological polar surface area (TPSA) is 88.4 Å². The second-order valence-corrected chi connectivity index (χ2v) is 8.24. The summed E-state index contributed by atoms with van der Waals surface area (Å²) in [6, 6.07) is 21.6. The predicted molar refractivity (Wildman–Crippen MR) is 134 cm³/mol. The number of aryl methyl sites for hydroxylation is 1. The number of rotatable bonds is 8. The summed E-state index contributed by atoms with van der Waals surface area (Å²) in [4.78, 5) is 24.3. The van der Waals surface area contributed by atoms with E-state index in [-0.39, 0.29) is 12.2 Å². The number of halogens is 1. The van der Waals surface area contributed by atoms with Crippen LogP contribution < -0.4 is 10.1 Å². The number of ether oxygens (including phenoxy) is 2. The lowest BCUT2D eigenvalue weighted by Crippen LogP contribution is -2.13. The number of amides is 1. The molecule has 3 aromatic rings. The van der Waals surface area contributed by atoms with Crippen LogP contribution in [0.25, 0.3) is 6.08 Å². The molecule has 0 heterocycles. The van der Waals surface area contributed by atoms with E-state index in [1.165, 1.54) is 6.08 Å². The van der Waals surface area contributed by atoms with Crippen molar-refractivity contribution in [1.29, 1.82) is 5.26 Å². The molecule has 3 rings (SSSR count). The van der Waals surface area contributed by atoms with Gasteiger partial charge in [0, 0.05) is 5.69 Å². The highest BCUT2D eigenvalue weighted by Gasteiger charge is 2.12. The van der Waals surface area contributed by atoms with Gasteiger partial charge in [-0.2, -0.15) is 5.26 Å². The Kier molecular flexibility index (Phi) is 8.60. The molecular weight excluding hydrogens is 496 g/mol. The maximum Gasteiger partial charge on any atom is 0.338 e. The summed E-state index contributed by atoms with van der Waals surface area (Å²) in [7, 11) is 0. The molecule has 0 aliphatic carbocycles. The van der Waals surface area contributed by atoms with Crippen LogP contribution in [0.3, 0.4) is 0 Å². The first kappa shape index (κ1) is 24.7. The van der Waals surface area contributed by atoms with Gasteiger partial charge in [-0.05, 0) is 83.4 Å². The Morgan fingerprint density at radius 2 is 1.85 bits per heavy atom. The van der Waals surface area contributed by atoms with Crippen molar-refractivity contribution in [2.24, 2.45) is 0 Å². The monoisotopic (exact) mass is 518 g/mol. The van der Waals surface area contributed by atoms with Crippen molar-refractivity contribution < 1.29 is 19.1 Å². The van der Waals surface area contributed by atoms with Gasteiger partial charge in [0.15, 0.2) is 0 Å². The molecule has 34 heavy (non-hydrogen) atoms. The molecular formula is C27H23BrN2O4. The van der Waals surface area contributed by atoms with Gasteiger partial charge in [0.1, 0.15) is 24.0 Å². The highest BCUT2D eigenvalue weighted by Crippen LogP contribution is 2.28. The van der Waals surface area contributed by atoms with Crippen molar-refractivity contribution in [3.05, 3.63) is 99.0 Å². The van der Waals surface area contributed by atoms with Crippen LogP contribution in [0.1, 0.15) is 34.0 Å². The standard InChI is InChI=1S/C27H23BrN2O4/c1-3-33-27(32)21-8-10-23(11-9-21)30-26(31)22(16-29)14-19-7-12-25(24(28)15-19)34-17-20-6-4-5-18(2)13-20/h4-15H,3,17H2,1-2H3,(H,30,31)/b22-14+. The minimum atomic E-state index is -0.553. The number of hydrogen-bond donors (Lipinski definition) is 1. The maximum absolute atomic E-state index is 12.6. The van der Waals surface area contributed by atoms with Gasteiger partial charge in [0.05, 0.1) is 16.6 Å². The third-order valence-corrected chi connectivity index (χ3v) is 5.38. The second-order valence-electron chi connectivity index (χ2n) is 7.39. The lowest BCUT2D eigenvalue weighted by Gasteiger charge is -2.10. The van der Waals surface area contributed by atoms with Gasteiger partial charge in [-0.3, -0.25) is 4.79 Å². The van der Waals surface area contributed by atoms with Crippen LogP contribution >= 0.6 is 15.9 Å². The van der Waals surface area contributed by atoms with Gasteiger partial charge < -0.3 is 14.8 Å². The molecule has 3 aromatic carbocycles. The summed E-state index contributed by atoms with van der Waals surface area (Å²) in [6.07, 6.45) is 1.50. The Morgan fingerprint density at radius 3 is 2.50 bits per heavy atom. The number of hydrogen-bond acceptors (Lipinski definition) is 5. The molecule has 7 heteroatoms. The number of nitriles is 1. The molecule has 0 atom stereocenters. The van der Waals surface area contributed by atoms with Crippen molar-refractivity contribution in [1.82, 2.24) is 0 Å². The van der Waals surface area contributed by atoms with Gasteiger partial charge >= 0.3 is 5.97 Å². The van der Waals surface area contributed by atoms with Crippen LogP contribution in [0.4, 0.5) is 5.69 Å². The number of esters is 1. The van der Waals surface area contributed by atoms with E-state index in [2.05, 4.69) is 27.3 Å². The summed E-state index contributed by atoms with van der Waals surface area (Å²) in [5, 5.41) is 12.2. The van der Waals surface area contributed by atoms with Crippen LogP contribution in [-0.2, 0) is 16.1 Å². The van der Waals surface area contributed by atoms with Crippen LogP contribution in [0.2, 0.25) is 0 Å². The average Bonchev–Trinajstić information content (AvgIpc) is 2.82. The zero-order valence-electron chi connectivity index (χ0n) is 18.8. The average molecular weight is 519 g/mol. The van der Waals surface area contributed by atoms with Crippen molar-refractivity contribution >= 4 is 39.6 Å². The molecule has 0 saturated carbocycles. The minimum Gasteiger partial charge on any atom is -0.488 e. The van der Waals surface area contributed by atoms with Crippen molar-refractivity contribution in [3.63, 3.8) is 0 Å². The molecule has 0 aliphatic heterocycles. The zero-order chi connectivity index (χ0) is 24.5. The molecule has 0 aromatic heterocycles. The molecule has 0 aliphatic rings. The molecule has 0 unspecified atom stereocenters. The van der Waals surface area contributed by atoms with E-state index in [1.54, 1.807) is 49.4 Å². The molecule has 1 N–H and O–H groups in total. The molecule has 0 bridgehead atoms. The Bertz CT molecular complexity index is 1260. The fourth-order valence-corrected chi connectivity index (χ4v) is 3.62. The highest BCUT2D eigenvalue weighted by atomic mass is 79.9. The van der Waals surface area contributed by atoms with Crippen LogP contribution in [0.15, 0.2) is 76.8 Å². The lowest BCUT2D eigenvalue weighted by molar-refractivity contribution is -0.112. The highest BCUT2D eigenvalue weighted by molar-refractivity contribution is 9.10. The molecule has 1 amide bonds. The molecule has 6 nitrogen and oxygen atoms in total. The second kappa shape index (κ2) is 11.8. The van der Waals surface area contributed by atoms with Crippen LogP contribution in [0, 0.1) is 18.3 Å². The SMILES string of the molecule is CCOC(=O)c1ccc(NC(=O)/C(C#N)=C/c2ccc(OCc3cccc(C)c3)c(Br)c2)cc1. The minimum absolute atomic E-state index is 0.0604. The van der Waals surface area contributed by atoms with E-state index < -0.39 is 11.9 Å². The van der Waals surface area contributed by atoms with Crippen LogP contribution in [0.5, 0.6) is 5.75 Å². The number of carbonyl (C=O) groups excluding carboxylic acids is 2. The van der Waals surface area contributed by atoms with Crippen molar-refractivity contribution in [3.8, 4) is 11.8 Å². The van der Waals surface area contributed by atoms with Gasteiger partial charge in [-0.15, -0.1) is 0 Å². The van der Waals surface area contributed by atoms with Gasteiger partial charge in [0.2, 0.25) is 0 Å². The maximum atomic E-state index is 12.6. The first-order chi connectivity index (χ1) is 16.4. The number of carbonyl (C=O) groups is 2. The lowest BCUT2D eigenvalue weighted by atomic mass is 10.1. The Hall–Kier alpha value is -3.89. The van der Waals surface area contributed by atoms with Gasteiger partial charge in [-0.1, -0.05) is 35.9 Å². The Morgan fingerprint density at radius 1 is 1.09 bits per heavy atom. The van der Waals surface area contributed by atoms with E-state index in [9.17, 15) is 14.9 Å². The molecule has 0 spiro atoms. The normalized spacial score (nSPS) is 10.8. The van der Waals surface area contributed by atoms with Gasteiger partial charge in [-0.25, -0.2) is 4.79 Å². The van der Waals surface area contributed by atoms with Crippen molar-refractivity contribution in [2.75, 3.05) is 11.9 Å². The smallest absolute Gasteiger partial charge is 0.338 e. The summed E-state index contributed by atoms with van der Waals surface area (Å²) in [6.45, 7) is 4.47. The summed E-state index contributed by atoms with van der Waals surface area (Å²) >= 11 is 3.49. The fourth-order valence-electron chi connectivity index (χ4n) is 3.10. The molecule has 0 fully saturated rings. The number of nitrogens with one attached hydrogen (secondary N) is 1. The third kappa shape index (κ3) is 6.80. The molecule has 0 radical (unpaired) electrons.